The number of aromatic nitrogens is 5. The van der Waals surface area contributed by atoms with Crippen molar-refractivity contribution in [1.29, 1.82) is 0 Å². The number of aliphatic hydroxyl groups excluding tert-OH is 1. The zero-order valence-corrected chi connectivity index (χ0v) is 13.1. The molecule has 4 unspecified atom stereocenters. The highest BCUT2D eigenvalue weighted by molar-refractivity contribution is 5.18. The van der Waals surface area contributed by atoms with Gasteiger partial charge in [0.25, 0.3) is 0 Å². The molecule has 1 N–H and O–H groups in total. The second-order valence-corrected chi connectivity index (χ2v) is 6.16. The van der Waals surface area contributed by atoms with Crippen LogP contribution in [0, 0.1) is 0 Å². The average molecular weight is 335 g/mol. The number of hydrogen-bond donors (Lipinski definition) is 1. The highest BCUT2D eigenvalue weighted by Gasteiger charge is 2.55. The maximum absolute atomic E-state index is 12.4. The zero-order chi connectivity index (χ0) is 16.9. The molecule has 4 atom stereocenters. The highest BCUT2D eigenvalue weighted by Crippen LogP contribution is 2.42. The maximum atomic E-state index is 12.4. The van der Waals surface area contributed by atoms with E-state index >= 15 is 0 Å². The second-order valence-electron chi connectivity index (χ2n) is 6.16. The lowest BCUT2D eigenvalue weighted by atomic mass is 10.1. The van der Waals surface area contributed by atoms with E-state index in [1.165, 1.54) is 21.8 Å². The van der Waals surface area contributed by atoms with Crippen LogP contribution in [0.3, 0.4) is 0 Å². The normalized spacial score (nSPS) is 31.3. The minimum atomic E-state index is -0.801. The van der Waals surface area contributed by atoms with Crippen LogP contribution in [0.25, 0.3) is 5.82 Å². The molecule has 0 amide bonds. The Bertz CT molecular complexity index is 789. The Kier molecular flexibility index (Phi) is 3.49. The number of fused-ring (bicyclic) bond motifs is 1. The summed E-state index contributed by atoms with van der Waals surface area (Å²) in [6, 6.07) is 1.65. The summed E-state index contributed by atoms with van der Waals surface area (Å²) in [7, 11) is 0. The van der Waals surface area contributed by atoms with Gasteiger partial charge in [-0.15, -0.1) is 10.2 Å². The van der Waals surface area contributed by atoms with Gasteiger partial charge in [0.1, 0.15) is 36.8 Å². The van der Waals surface area contributed by atoms with E-state index in [1.54, 1.807) is 26.1 Å². The molecule has 4 rings (SSSR count). The maximum Gasteiger partial charge on any atom is 0.351 e. The molecular formula is C14H17N5O5. The number of nitrogens with zero attached hydrogens (tertiary/aromatic N) is 5. The number of aliphatic hydroxyl groups is 1. The molecule has 0 aromatic carbocycles. The van der Waals surface area contributed by atoms with Crippen LogP contribution in [0.15, 0.2) is 29.7 Å². The van der Waals surface area contributed by atoms with Crippen molar-refractivity contribution in [1.82, 2.24) is 24.3 Å². The third kappa shape index (κ3) is 2.44. The lowest BCUT2D eigenvalue weighted by Gasteiger charge is -2.24. The fourth-order valence-electron chi connectivity index (χ4n) is 3.09. The van der Waals surface area contributed by atoms with Crippen molar-refractivity contribution in [2.75, 3.05) is 6.61 Å². The van der Waals surface area contributed by atoms with Crippen LogP contribution in [0.2, 0.25) is 0 Å². The van der Waals surface area contributed by atoms with E-state index in [1.807, 2.05) is 0 Å². The summed E-state index contributed by atoms with van der Waals surface area (Å²) < 4.78 is 20.3. The van der Waals surface area contributed by atoms with Gasteiger partial charge in [-0.25, -0.2) is 4.79 Å². The summed E-state index contributed by atoms with van der Waals surface area (Å²) in [5, 5.41) is 16.9. The molecule has 0 aliphatic carbocycles. The predicted molar refractivity (Wildman–Crippen MR) is 78.2 cm³/mol. The quantitative estimate of drug-likeness (QED) is 0.778. The van der Waals surface area contributed by atoms with Crippen molar-refractivity contribution in [2.45, 2.75) is 44.2 Å². The summed E-state index contributed by atoms with van der Waals surface area (Å²) in [6.45, 7) is 3.35. The average Bonchev–Trinajstić information content (AvgIpc) is 3.22. The molecule has 2 aliphatic heterocycles. The first kappa shape index (κ1) is 15.4. The van der Waals surface area contributed by atoms with E-state index < -0.39 is 36.0 Å². The van der Waals surface area contributed by atoms with Gasteiger partial charge in [0.2, 0.25) is 0 Å². The van der Waals surface area contributed by atoms with E-state index in [4.69, 9.17) is 14.2 Å². The molecule has 2 aliphatic rings. The van der Waals surface area contributed by atoms with Crippen LogP contribution in [0.5, 0.6) is 0 Å². The molecule has 4 heterocycles. The third-order valence-electron chi connectivity index (χ3n) is 4.08. The van der Waals surface area contributed by atoms with Crippen LogP contribution in [-0.2, 0) is 14.2 Å². The molecule has 0 saturated carbocycles. The molecule has 24 heavy (non-hydrogen) atoms. The Labute approximate surface area is 136 Å². The largest absolute Gasteiger partial charge is 0.394 e. The predicted octanol–water partition coefficient (Wildman–Crippen LogP) is -0.766. The van der Waals surface area contributed by atoms with Gasteiger partial charge in [-0.3, -0.25) is 9.13 Å². The fraction of sp³-hybridized carbons (Fsp3) is 0.571. The Morgan fingerprint density at radius 1 is 1.25 bits per heavy atom. The van der Waals surface area contributed by atoms with Gasteiger partial charge in [-0.1, -0.05) is 0 Å². The van der Waals surface area contributed by atoms with E-state index in [0.29, 0.717) is 5.82 Å². The summed E-state index contributed by atoms with van der Waals surface area (Å²) in [4.78, 5) is 16.4. The van der Waals surface area contributed by atoms with Crippen LogP contribution >= 0.6 is 0 Å². The molecule has 2 aromatic rings. The summed E-state index contributed by atoms with van der Waals surface area (Å²) in [5.74, 6) is -0.400. The standard InChI is InChI=1S/C14H17N5O5/c1-14(2)23-10-8(5-20)22-12(11(10)24-14)19-4-3-9(17-13(19)21)18-6-15-16-7-18/h3-4,6-8,10-12,20H,5H2,1-2H3. The zero-order valence-electron chi connectivity index (χ0n) is 13.1. The molecule has 128 valence electrons. The van der Waals surface area contributed by atoms with Crippen LogP contribution < -0.4 is 5.69 Å². The van der Waals surface area contributed by atoms with Crippen molar-refractivity contribution >= 4 is 0 Å². The Hall–Kier alpha value is -2.14. The van der Waals surface area contributed by atoms with Gasteiger partial charge < -0.3 is 19.3 Å². The Morgan fingerprint density at radius 2 is 1.96 bits per heavy atom. The first-order chi connectivity index (χ1) is 11.5. The van der Waals surface area contributed by atoms with Gasteiger partial charge >= 0.3 is 5.69 Å². The van der Waals surface area contributed by atoms with Gasteiger partial charge in [0, 0.05) is 6.20 Å². The minimum absolute atomic E-state index is 0.224. The van der Waals surface area contributed by atoms with Crippen LogP contribution in [0.4, 0.5) is 0 Å². The molecule has 2 saturated heterocycles. The fourth-order valence-corrected chi connectivity index (χ4v) is 3.09. The van der Waals surface area contributed by atoms with Crippen molar-refractivity contribution in [3.8, 4) is 5.82 Å². The first-order valence-electron chi connectivity index (χ1n) is 7.55. The van der Waals surface area contributed by atoms with Gasteiger partial charge in [-0.2, -0.15) is 4.98 Å². The number of ether oxygens (including phenoxy) is 3. The van der Waals surface area contributed by atoms with Crippen molar-refractivity contribution < 1.29 is 19.3 Å². The van der Waals surface area contributed by atoms with E-state index in [0.717, 1.165) is 0 Å². The smallest absolute Gasteiger partial charge is 0.351 e. The number of hydrogen-bond acceptors (Lipinski definition) is 8. The van der Waals surface area contributed by atoms with Gasteiger partial charge in [-0.05, 0) is 19.9 Å². The van der Waals surface area contributed by atoms with E-state index in [2.05, 4.69) is 15.2 Å². The summed E-state index contributed by atoms with van der Waals surface area (Å²) >= 11 is 0. The van der Waals surface area contributed by atoms with Crippen molar-refractivity contribution in [3.63, 3.8) is 0 Å². The third-order valence-corrected chi connectivity index (χ3v) is 4.08. The lowest BCUT2D eigenvalue weighted by Crippen LogP contribution is -2.35. The van der Waals surface area contributed by atoms with Crippen LogP contribution in [-0.4, -0.2) is 60.1 Å². The molecule has 2 aromatic heterocycles. The van der Waals surface area contributed by atoms with Crippen molar-refractivity contribution in [3.05, 3.63) is 35.4 Å². The SMILES string of the molecule is CC1(C)OC2C(CO)OC(n3ccc(-n4cnnc4)nc3=O)C2O1. The molecule has 0 bridgehead atoms. The minimum Gasteiger partial charge on any atom is -0.394 e. The first-order valence-corrected chi connectivity index (χ1v) is 7.55. The molecule has 0 spiro atoms. The topological polar surface area (TPSA) is 114 Å². The molecular weight excluding hydrogens is 318 g/mol. The molecule has 10 nitrogen and oxygen atoms in total. The monoisotopic (exact) mass is 335 g/mol. The molecule has 0 radical (unpaired) electrons. The Morgan fingerprint density at radius 3 is 2.62 bits per heavy atom. The van der Waals surface area contributed by atoms with Gasteiger partial charge in [0.15, 0.2) is 12.0 Å². The molecule has 2 fully saturated rings. The number of rotatable bonds is 3. The van der Waals surface area contributed by atoms with Crippen LogP contribution in [0.1, 0.15) is 20.1 Å². The van der Waals surface area contributed by atoms with E-state index in [9.17, 15) is 9.90 Å². The summed E-state index contributed by atoms with van der Waals surface area (Å²) in [6.07, 6.45) is 2.24. The lowest BCUT2D eigenvalue weighted by molar-refractivity contribution is -0.200. The highest BCUT2D eigenvalue weighted by atomic mass is 16.8. The van der Waals surface area contributed by atoms with Gasteiger partial charge in [0.05, 0.1) is 6.61 Å². The Balaban J connectivity index is 1.67. The molecule has 10 heteroatoms. The second kappa shape index (κ2) is 5.45. The summed E-state index contributed by atoms with van der Waals surface area (Å²) in [5.41, 5.74) is -0.503. The van der Waals surface area contributed by atoms with Crippen molar-refractivity contribution in [2.24, 2.45) is 0 Å². The van der Waals surface area contributed by atoms with E-state index in [-0.39, 0.29) is 6.61 Å².